The zero-order valence-corrected chi connectivity index (χ0v) is 19.5. The van der Waals surface area contributed by atoms with Crippen molar-refractivity contribution in [3.05, 3.63) is 42.0 Å². The SMILES string of the molecule is CC[C@@H](CC(=O)O)c1ccc(N(CC)C2CCOCC2)c(Nc2ccc3c(c2)OCCO3)c1. The van der Waals surface area contributed by atoms with Crippen molar-refractivity contribution in [3.8, 4) is 11.5 Å². The van der Waals surface area contributed by atoms with Gasteiger partial charge in [-0.15, -0.1) is 0 Å². The lowest BCUT2D eigenvalue weighted by Gasteiger charge is -2.37. The summed E-state index contributed by atoms with van der Waals surface area (Å²) in [5, 5.41) is 13.0. The third-order valence-electron chi connectivity index (χ3n) is 6.51. The molecule has 7 heteroatoms. The first kappa shape index (κ1) is 23.2. The van der Waals surface area contributed by atoms with Gasteiger partial charge in [0.25, 0.3) is 0 Å². The molecule has 0 saturated carbocycles. The largest absolute Gasteiger partial charge is 0.486 e. The molecule has 0 unspecified atom stereocenters. The van der Waals surface area contributed by atoms with E-state index in [1.165, 1.54) is 0 Å². The molecule has 1 saturated heterocycles. The molecule has 0 radical (unpaired) electrons. The molecule has 178 valence electrons. The summed E-state index contributed by atoms with van der Waals surface area (Å²) in [5.41, 5.74) is 4.04. The molecule has 0 spiro atoms. The van der Waals surface area contributed by atoms with Crippen LogP contribution in [0, 0.1) is 0 Å². The van der Waals surface area contributed by atoms with Gasteiger partial charge in [0.15, 0.2) is 11.5 Å². The van der Waals surface area contributed by atoms with E-state index in [0.717, 1.165) is 73.1 Å². The molecule has 2 heterocycles. The van der Waals surface area contributed by atoms with Crippen LogP contribution in [0.25, 0.3) is 0 Å². The average molecular weight is 455 g/mol. The predicted octanol–water partition coefficient (Wildman–Crippen LogP) is 5.18. The zero-order chi connectivity index (χ0) is 23.2. The lowest BCUT2D eigenvalue weighted by molar-refractivity contribution is -0.137. The van der Waals surface area contributed by atoms with Crippen molar-refractivity contribution in [2.24, 2.45) is 0 Å². The van der Waals surface area contributed by atoms with E-state index in [1.54, 1.807) is 0 Å². The lowest BCUT2D eigenvalue weighted by atomic mass is 9.92. The Morgan fingerprint density at radius 1 is 1.06 bits per heavy atom. The average Bonchev–Trinajstić information content (AvgIpc) is 2.84. The minimum absolute atomic E-state index is 0.0319. The third-order valence-corrected chi connectivity index (χ3v) is 6.51. The molecule has 2 aromatic carbocycles. The second-order valence-electron chi connectivity index (χ2n) is 8.59. The van der Waals surface area contributed by atoms with Gasteiger partial charge in [0, 0.05) is 37.6 Å². The predicted molar refractivity (Wildman–Crippen MR) is 129 cm³/mol. The number of ether oxygens (including phenoxy) is 3. The van der Waals surface area contributed by atoms with E-state index in [1.807, 2.05) is 25.1 Å². The fourth-order valence-corrected chi connectivity index (χ4v) is 4.77. The van der Waals surface area contributed by atoms with Crippen molar-refractivity contribution < 1.29 is 24.1 Å². The fraction of sp³-hybridized carbons (Fsp3) is 0.500. The van der Waals surface area contributed by atoms with Gasteiger partial charge in [-0.3, -0.25) is 4.79 Å². The van der Waals surface area contributed by atoms with E-state index in [-0.39, 0.29) is 12.3 Å². The highest BCUT2D eigenvalue weighted by atomic mass is 16.6. The second-order valence-corrected chi connectivity index (χ2v) is 8.59. The molecule has 33 heavy (non-hydrogen) atoms. The van der Waals surface area contributed by atoms with Gasteiger partial charge in [-0.05, 0) is 61.9 Å². The molecular weight excluding hydrogens is 420 g/mol. The van der Waals surface area contributed by atoms with Gasteiger partial charge in [0.1, 0.15) is 13.2 Å². The normalized spacial score (nSPS) is 16.8. The maximum absolute atomic E-state index is 11.4. The van der Waals surface area contributed by atoms with Gasteiger partial charge in [0.2, 0.25) is 0 Å². The van der Waals surface area contributed by atoms with Crippen molar-refractivity contribution in [1.29, 1.82) is 0 Å². The first-order chi connectivity index (χ1) is 16.1. The molecule has 4 rings (SSSR count). The number of carboxylic acid groups (broad SMARTS) is 1. The maximum atomic E-state index is 11.4. The van der Waals surface area contributed by atoms with Crippen LogP contribution in [0.1, 0.15) is 51.0 Å². The molecule has 2 aliphatic rings. The van der Waals surface area contributed by atoms with Gasteiger partial charge < -0.3 is 29.5 Å². The summed E-state index contributed by atoms with van der Waals surface area (Å²) in [5.74, 6) is 0.684. The molecule has 0 aromatic heterocycles. The van der Waals surface area contributed by atoms with E-state index in [2.05, 4.69) is 35.3 Å². The Bertz CT molecular complexity index is 958. The summed E-state index contributed by atoms with van der Waals surface area (Å²) in [6.45, 7) is 7.75. The van der Waals surface area contributed by atoms with Crippen LogP contribution in [-0.2, 0) is 9.53 Å². The highest BCUT2D eigenvalue weighted by Crippen LogP contribution is 2.38. The van der Waals surface area contributed by atoms with Crippen LogP contribution in [0.3, 0.4) is 0 Å². The lowest BCUT2D eigenvalue weighted by Crippen LogP contribution is -2.39. The Balaban J connectivity index is 1.70. The van der Waals surface area contributed by atoms with Gasteiger partial charge >= 0.3 is 5.97 Å². The summed E-state index contributed by atoms with van der Waals surface area (Å²) in [6.07, 6.45) is 2.88. The standard InChI is InChI=1S/C26H34N2O5/c1-3-18(16-26(29)30)19-5-7-23(28(4-2)21-9-11-31-12-10-21)22(15-19)27-20-6-8-24-25(17-20)33-14-13-32-24/h5-8,15,17-18,21,27H,3-4,9-14,16H2,1-2H3,(H,29,30)/t18-/m0/s1. The molecule has 2 aliphatic heterocycles. The van der Waals surface area contributed by atoms with Crippen molar-refractivity contribution in [2.45, 2.75) is 51.5 Å². The van der Waals surface area contributed by atoms with E-state index < -0.39 is 5.97 Å². The van der Waals surface area contributed by atoms with Crippen LogP contribution in [0.5, 0.6) is 11.5 Å². The summed E-state index contributed by atoms with van der Waals surface area (Å²) >= 11 is 0. The Morgan fingerprint density at radius 3 is 2.52 bits per heavy atom. The molecule has 0 bridgehead atoms. The Kier molecular flexibility index (Phi) is 7.60. The number of anilines is 3. The number of aliphatic carboxylic acids is 1. The number of rotatable bonds is 9. The van der Waals surface area contributed by atoms with Crippen LogP contribution in [0.4, 0.5) is 17.1 Å². The molecule has 2 aromatic rings. The van der Waals surface area contributed by atoms with E-state index in [0.29, 0.717) is 19.3 Å². The van der Waals surface area contributed by atoms with Crippen LogP contribution >= 0.6 is 0 Å². The molecule has 1 fully saturated rings. The molecule has 2 N–H and O–H groups in total. The number of hydrogen-bond acceptors (Lipinski definition) is 6. The zero-order valence-electron chi connectivity index (χ0n) is 19.5. The van der Waals surface area contributed by atoms with Crippen LogP contribution in [0.2, 0.25) is 0 Å². The van der Waals surface area contributed by atoms with Gasteiger partial charge in [0.05, 0.1) is 17.8 Å². The fourth-order valence-electron chi connectivity index (χ4n) is 4.77. The number of nitrogens with one attached hydrogen (secondary N) is 1. The molecule has 0 aliphatic carbocycles. The maximum Gasteiger partial charge on any atom is 0.303 e. The smallest absolute Gasteiger partial charge is 0.303 e. The summed E-state index contributed by atoms with van der Waals surface area (Å²) in [6, 6.07) is 12.6. The van der Waals surface area contributed by atoms with Crippen LogP contribution < -0.4 is 19.7 Å². The number of nitrogens with zero attached hydrogens (tertiary/aromatic N) is 1. The number of carbonyl (C=O) groups is 1. The first-order valence-electron chi connectivity index (χ1n) is 12.0. The van der Waals surface area contributed by atoms with E-state index in [4.69, 9.17) is 14.2 Å². The summed E-state index contributed by atoms with van der Waals surface area (Å²) in [4.78, 5) is 13.9. The topological polar surface area (TPSA) is 80.3 Å². The molecule has 7 nitrogen and oxygen atoms in total. The van der Waals surface area contributed by atoms with Crippen molar-refractivity contribution in [2.75, 3.05) is 43.2 Å². The first-order valence-corrected chi connectivity index (χ1v) is 12.0. The minimum atomic E-state index is -0.773. The number of carboxylic acids is 1. The van der Waals surface area contributed by atoms with Crippen LogP contribution in [0.15, 0.2) is 36.4 Å². The van der Waals surface area contributed by atoms with Crippen molar-refractivity contribution in [3.63, 3.8) is 0 Å². The number of benzene rings is 2. The van der Waals surface area contributed by atoms with Crippen LogP contribution in [-0.4, -0.2) is 50.1 Å². The number of fused-ring (bicyclic) bond motifs is 1. The summed E-state index contributed by atoms with van der Waals surface area (Å²) in [7, 11) is 0. The van der Waals surface area contributed by atoms with Gasteiger partial charge in [-0.25, -0.2) is 0 Å². The van der Waals surface area contributed by atoms with E-state index in [9.17, 15) is 9.90 Å². The Hall–Kier alpha value is -2.93. The molecule has 0 amide bonds. The minimum Gasteiger partial charge on any atom is -0.486 e. The Labute approximate surface area is 195 Å². The molecular formula is C26H34N2O5. The van der Waals surface area contributed by atoms with Gasteiger partial charge in [-0.1, -0.05) is 13.0 Å². The highest BCUT2D eigenvalue weighted by molar-refractivity contribution is 5.78. The van der Waals surface area contributed by atoms with Crippen molar-refractivity contribution in [1.82, 2.24) is 0 Å². The Morgan fingerprint density at radius 2 is 1.82 bits per heavy atom. The highest BCUT2D eigenvalue weighted by Gasteiger charge is 2.24. The van der Waals surface area contributed by atoms with Crippen molar-refractivity contribution >= 4 is 23.0 Å². The number of hydrogen-bond donors (Lipinski definition) is 2. The monoisotopic (exact) mass is 454 g/mol. The quantitative estimate of drug-likeness (QED) is 0.541. The molecule has 1 atom stereocenters. The summed E-state index contributed by atoms with van der Waals surface area (Å²) < 4.78 is 17.0. The van der Waals surface area contributed by atoms with E-state index >= 15 is 0 Å². The second kappa shape index (κ2) is 10.8. The third kappa shape index (κ3) is 5.53. The van der Waals surface area contributed by atoms with Gasteiger partial charge in [-0.2, -0.15) is 0 Å².